The molecule has 0 saturated carbocycles. The van der Waals surface area contributed by atoms with Crippen molar-refractivity contribution < 1.29 is 4.79 Å². The van der Waals surface area contributed by atoms with Gasteiger partial charge in [-0.05, 0) is 37.4 Å². The highest BCUT2D eigenvalue weighted by Gasteiger charge is 2.17. The maximum atomic E-state index is 12.2. The minimum absolute atomic E-state index is 0. The number of aromatic nitrogens is 3. The molecule has 2 rings (SSSR count). The van der Waals surface area contributed by atoms with E-state index in [1.165, 1.54) is 5.56 Å². The highest BCUT2D eigenvalue weighted by molar-refractivity contribution is 5.90. The van der Waals surface area contributed by atoms with Crippen molar-refractivity contribution in [2.45, 2.75) is 40.0 Å². The Morgan fingerprint density at radius 1 is 1.20 bits per heavy atom. The molecule has 1 aromatic carbocycles. The van der Waals surface area contributed by atoms with Crippen molar-refractivity contribution in [3.8, 4) is 5.69 Å². The number of benzene rings is 1. The quantitative estimate of drug-likeness (QED) is 0.705. The topological polar surface area (TPSA) is 71.8 Å². The van der Waals surface area contributed by atoms with Crippen LogP contribution in [0.3, 0.4) is 0 Å². The maximum Gasteiger partial charge on any atom is 0.291 e. The lowest BCUT2D eigenvalue weighted by molar-refractivity contribution is 0.0943. The molecule has 0 bridgehead atoms. The molecule has 2 aromatic rings. The van der Waals surface area contributed by atoms with Crippen molar-refractivity contribution in [3.63, 3.8) is 0 Å². The fourth-order valence-corrected chi connectivity index (χ4v) is 2.53. The lowest BCUT2D eigenvalue weighted by Gasteiger charge is -2.12. The number of hydrogen-bond donors (Lipinski definition) is 2. The molecule has 0 fully saturated rings. The third-order valence-corrected chi connectivity index (χ3v) is 3.77. The van der Waals surface area contributed by atoms with Gasteiger partial charge in [0.25, 0.3) is 5.91 Å². The second-order valence-corrected chi connectivity index (χ2v) is 6.11. The SMILES string of the molecule is CCCNCCNC(=O)c1nc(C)n(-c2ccccc2C(C)C)n1.Cl. The minimum atomic E-state index is -0.239. The molecule has 2 N–H and O–H groups in total. The average molecular weight is 366 g/mol. The number of aryl methyl sites for hydroxylation is 1. The van der Waals surface area contributed by atoms with Gasteiger partial charge in [0.15, 0.2) is 0 Å². The van der Waals surface area contributed by atoms with Crippen molar-refractivity contribution in [1.82, 2.24) is 25.4 Å². The van der Waals surface area contributed by atoms with Crippen LogP contribution in [0.1, 0.15) is 55.1 Å². The number of amides is 1. The second-order valence-electron chi connectivity index (χ2n) is 6.11. The molecule has 7 heteroatoms. The second kappa shape index (κ2) is 10.2. The number of nitrogens with one attached hydrogen (secondary N) is 2. The molecule has 0 aliphatic heterocycles. The first-order valence-electron chi connectivity index (χ1n) is 8.56. The maximum absolute atomic E-state index is 12.2. The van der Waals surface area contributed by atoms with Crippen molar-refractivity contribution in [2.24, 2.45) is 0 Å². The van der Waals surface area contributed by atoms with Crippen LogP contribution in [-0.2, 0) is 0 Å². The smallest absolute Gasteiger partial charge is 0.291 e. The molecule has 0 radical (unpaired) electrons. The molecule has 1 amide bonds. The normalized spacial score (nSPS) is 10.6. The molecule has 6 nitrogen and oxygen atoms in total. The van der Waals surface area contributed by atoms with Gasteiger partial charge in [-0.15, -0.1) is 17.5 Å². The zero-order valence-electron chi connectivity index (χ0n) is 15.4. The Labute approximate surface area is 155 Å². The van der Waals surface area contributed by atoms with Crippen LogP contribution < -0.4 is 10.6 Å². The van der Waals surface area contributed by atoms with Crippen molar-refractivity contribution >= 4 is 18.3 Å². The number of carbonyl (C=O) groups excluding carboxylic acids is 1. The van der Waals surface area contributed by atoms with E-state index < -0.39 is 0 Å². The predicted octanol–water partition coefficient (Wildman–Crippen LogP) is 2.85. The molecule has 0 aliphatic rings. The molecule has 0 spiro atoms. The van der Waals surface area contributed by atoms with E-state index in [4.69, 9.17) is 0 Å². The number of para-hydroxylation sites is 1. The van der Waals surface area contributed by atoms with E-state index in [-0.39, 0.29) is 24.1 Å². The number of rotatable bonds is 8. The fourth-order valence-electron chi connectivity index (χ4n) is 2.53. The molecule has 25 heavy (non-hydrogen) atoms. The molecular formula is C18H28ClN5O. The number of hydrogen-bond acceptors (Lipinski definition) is 4. The van der Waals surface area contributed by atoms with Crippen molar-refractivity contribution in [2.75, 3.05) is 19.6 Å². The van der Waals surface area contributed by atoms with Gasteiger partial charge >= 0.3 is 0 Å². The molecular weight excluding hydrogens is 338 g/mol. The van der Waals surface area contributed by atoms with E-state index in [9.17, 15) is 4.79 Å². The summed E-state index contributed by atoms with van der Waals surface area (Å²) in [6.45, 7) is 10.5. The van der Waals surface area contributed by atoms with Crippen LogP contribution in [0.15, 0.2) is 24.3 Å². The van der Waals surface area contributed by atoms with Gasteiger partial charge in [0, 0.05) is 13.1 Å². The Morgan fingerprint density at radius 3 is 2.60 bits per heavy atom. The van der Waals surface area contributed by atoms with E-state index in [2.05, 4.69) is 47.6 Å². The lowest BCUT2D eigenvalue weighted by Crippen LogP contribution is -2.32. The summed E-state index contributed by atoms with van der Waals surface area (Å²) < 4.78 is 1.75. The van der Waals surface area contributed by atoms with Crippen LogP contribution in [0.4, 0.5) is 0 Å². The Bertz CT molecular complexity index is 684. The van der Waals surface area contributed by atoms with E-state index in [0.29, 0.717) is 18.3 Å². The Hall–Kier alpha value is -1.92. The van der Waals surface area contributed by atoms with Crippen molar-refractivity contribution in [1.29, 1.82) is 0 Å². The summed E-state index contributed by atoms with van der Waals surface area (Å²) in [7, 11) is 0. The highest BCUT2D eigenvalue weighted by atomic mass is 35.5. The summed E-state index contributed by atoms with van der Waals surface area (Å²) in [4.78, 5) is 16.5. The Kier molecular flexibility index (Phi) is 8.58. The molecule has 138 valence electrons. The van der Waals surface area contributed by atoms with Gasteiger partial charge in [0.1, 0.15) is 5.82 Å². The third kappa shape index (κ3) is 5.54. The number of carbonyl (C=O) groups is 1. The molecule has 0 aliphatic carbocycles. The zero-order chi connectivity index (χ0) is 17.5. The first-order chi connectivity index (χ1) is 11.5. The van der Waals surface area contributed by atoms with Gasteiger partial charge in [-0.2, -0.15) is 0 Å². The summed E-state index contributed by atoms with van der Waals surface area (Å²) in [5.74, 6) is 1.04. The van der Waals surface area contributed by atoms with E-state index in [1.807, 2.05) is 25.1 Å². The highest BCUT2D eigenvalue weighted by Crippen LogP contribution is 2.23. The van der Waals surface area contributed by atoms with Gasteiger partial charge in [-0.1, -0.05) is 39.0 Å². The molecule has 0 unspecified atom stereocenters. The standard InChI is InChI=1S/C18H27N5O.ClH/c1-5-10-19-11-12-20-18(24)17-21-14(4)23(22-17)16-9-7-6-8-15(16)13(2)3;/h6-9,13,19H,5,10-12H2,1-4H3,(H,20,24);1H. The molecule has 1 aromatic heterocycles. The average Bonchev–Trinajstić information content (AvgIpc) is 2.96. The Balaban J connectivity index is 0.00000312. The van der Waals surface area contributed by atoms with Crippen LogP contribution >= 0.6 is 12.4 Å². The van der Waals surface area contributed by atoms with E-state index in [0.717, 1.165) is 25.2 Å². The molecule has 0 atom stereocenters. The third-order valence-electron chi connectivity index (χ3n) is 3.77. The van der Waals surface area contributed by atoms with Gasteiger partial charge in [0.2, 0.25) is 5.82 Å². The van der Waals surface area contributed by atoms with Gasteiger partial charge in [-0.25, -0.2) is 9.67 Å². The van der Waals surface area contributed by atoms with Crippen molar-refractivity contribution in [3.05, 3.63) is 41.5 Å². The lowest BCUT2D eigenvalue weighted by atomic mass is 10.0. The summed E-state index contributed by atoms with van der Waals surface area (Å²) >= 11 is 0. The fraction of sp³-hybridized carbons (Fsp3) is 0.500. The minimum Gasteiger partial charge on any atom is -0.348 e. The van der Waals surface area contributed by atoms with E-state index >= 15 is 0 Å². The first-order valence-corrected chi connectivity index (χ1v) is 8.56. The van der Waals surface area contributed by atoms with Crippen LogP contribution in [-0.4, -0.2) is 40.3 Å². The largest absolute Gasteiger partial charge is 0.348 e. The van der Waals surface area contributed by atoms with Crippen LogP contribution in [0.5, 0.6) is 0 Å². The van der Waals surface area contributed by atoms with Gasteiger partial charge in [0.05, 0.1) is 5.69 Å². The summed E-state index contributed by atoms with van der Waals surface area (Å²) in [6.07, 6.45) is 1.08. The van der Waals surface area contributed by atoms with Crippen LogP contribution in [0.25, 0.3) is 5.69 Å². The first kappa shape index (κ1) is 21.1. The van der Waals surface area contributed by atoms with E-state index in [1.54, 1.807) is 4.68 Å². The Morgan fingerprint density at radius 2 is 1.92 bits per heavy atom. The summed E-state index contributed by atoms with van der Waals surface area (Å²) in [6, 6.07) is 8.08. The predicted molar refractivity (Wildman–Crippen MR) is 103 cm³/mol. The zero-order valence-corrected chi connectivity index (χ0v) is 16.2. The molecule has 0 saturated heterocycles. The number of halogens is 1. The van der Waals surface area contributed by atoms with Crippen LogP contribution in [0, 0.1) is 6.92 Å². The van der Waals surface area contributed by atoms with Gasteiger partial charge in [-0.3, -0.25) is 4.79 Å². The van der Waals surface area contributed by atoms with Crippen LogP contribution in [0.2, 0.25) is 0 Å². The number of nitrogens with zero attached hydrogens (tertiary/aromatic N) is 3. The summed E-state index contributed by atoms with van der Waals surface area (Å²) in [5.41, 5.74) is 2.15. The summed E-state index contributed by atoms with van der Waals surface area (Å²) in [5, 5.41) is 10.5. The van der Waals surface area contributed by atoms with Gasteiger partial charge < -0.3 is 10.6 Å². The monoisotopic (exact) mass is 365 g/mol. The molecule has 1 heterocycles.